The molecule has 5 nitrogen and oxygen atoms in total. The number of fused-ring (bicyclic) bond motifs is 1. The number of benzene rings is 1. The van der Waals surface area contributed by atoms with Crippen molar-refractivity contribution in [2.24, 2.45) is 0 Å². The summed E-state index contributed by atoms with van der Waals surface area (Å²) in [6.07, 6.45) is 5.16. The van der Waals surface area contributed by atoms with Crippen molar-refractivity contribution in [2.45, 2.75) is 0 Å². The van der Waals surface area contributed by atoms with Gasteiger partial charge in [-0.3, -0.25) is 4.57 Å². The van der Waals surface area contributed by atoms with Crippen LogP contribution in [0.25, 0.3) is 16.9 Å². The zero-order valence-corrected chi connectivity index (χ0v) is 9.32. The van der Waals surface area contributed by atoms with Gasteiger partial charge in [0.05, 0.1) is 11.1 Å². The number of aromatic carboxylic acids is 1. The summed E-state index contributed by atoms with van der Waals surface area (Å²) in [5, 5.41) is 9.79. The third-order valence-electron chi connectivity index (χ3n) is 2.70. The lowest BCUT2D eigenvalue weighted by Crippen LogP contribution is -1.99. The number of aromatic nitrogens is 3. The number of carbonyl (C=O) groups is 1. The fourth-order valence-electron chi connectivity index (χ4n) is 1.87. The molecule has 88 valence electrons. The lowest BCUT2D eigenvalue weighted by molar-refractivity contribution is 0.0697. The molecule has 5 heteroatoms. The summed E-state index contributed by atoms with van der Waals surface area (Å²) in [5.41, 5.74) is 1.15. The molecule has 0 saturated heterocycles. The van der Waals surface area contributed by atoms with Gasteiger partial charge in [-0.1, -0.05) is 0 Å². The Morgan fingerprint density at radius 3 is 2.67 bits per heavy atom. The Morgan fingerprint density at radius 2 is 1.94 bits per heavy atom. The average molecular weight is 239 g/mol. The van der Waals surface area contributed by atoms with Crippen LogP contribution in [0.15, 0.2) is 48.9 Å². The van der Waals surface area contributed by atoms with Crippen molar-refractivity contribution >= 4 is 16.9 Å². The van der Waals surface area contributed by atoms with Gasteiger partial charge in [0.2, 0.25) is 5.95 Å². The molecule has 0 atom stereocenters. The molecule has 0 aliphatic rings. The summed E-state index contributed by atoms with van der Waals surface area (Å²) < 4.78 is 1.82. The summed E-state index contributed by atoms with van der Waals surface area (Å²) in [6, 6.07) is 8.56. The Bertz CT molecular complexity index is 719. The molecule has 2 heterocycles. The Balaban J connectivity index is 2.19. The van der Waals surface area contributed by atoms with Crippen LogP contribution < -0.4 is 0 Å². The Hall–Kier alpha value is -2.69. The van der Waals surface area contributed by atoms with E-state index < -0.39 is 5.97 Å². The van der Waals surface area contributed by atoms with Crippen LogP contribution in [0.5, 0.6) is 0 Å². The van der Waals surface area contributed by atoms with Gasteiger partial charge in [0, 0.05) is 24.0 Å². The minimum Gasteiger partial charge on any atom is -0.478 e. The van der Waals surface area contributed by atoms with Gasteiger partial charge in [-0.05, 0) is 30.3 Å². The number of hydrogen-bond donors (Lipinski definition) is 1. The summed E-state index contributed by atoms with van der Waals surface area (Å²) >= 11 is 0. The van der Waals surface area contributed by atoms with Crippen LogP contribution in [0.3, 0.4) is 0 Å². The zero-order valence-electron chi connectivity index (χ0n) is 9.32. The highest BCUT2D eigenvalue weighted by atomic mass is 16.4. The molecular formula is C13H9N3O2. The van der Waals surface area contributed by atoms with E-state index in [-0.39, 0.29) is 5.56 Å². The maximum atomic E-state index is 10.9. The van der Waals surface area contributed by atoms with E-state index in [1.165, 1.54) is 0 Å². The summed E-state index contributed by atoms with van der Waals surface area (Å²) in [7, 11) is 0. The number of nitrogens with zero attached hydrogens (tertiary/aromatic N) is 3. The monoisotopic (exact) mass is 239 g/mol. The largest absolute Gasteiger partial charge is 0.478 e. The minimum atomic E-state index is -0.930. The van der Waals surface area contributed by atoms with E-state index in [9.17, 15) is 4.79 Å². The Morgan fingerprint density at radius 1 is 1.17 bits per heavy atom. The van der Waals surface area contributed by atoms with Gasteiger partial charge in [-0.15, -0.1) is 0 Å². The van der Waals surface area contributed by atoms with Gasteiger partial charge in [0.1, 0.15) is 0 Å². The summed E-state index contributed by atoms with van der Waals surface area (Å²) in [4.78, 5) is 19.2. The predicted molar refractivity (Wildman–Crippen MR) is 65.8 cm³/mol. The fourth-order valence-corrected chi connectivity index (χ4v) is 1.87. The van der Waals surface area contributed by atoms with Crippen molar-refractivity contribution in [1.29, 1.82) is 0 Å². The quantitative estimate of drug-likeness (QED) is 0.743. The first-order valence-electron chi connectivity index (χ1n) is 5.37. The second-order valence-electron chi connectivity index (χ2n) is 3.81. The van der Waals surface area contributed by atoms with Crippen molar-refractivity contribution in [2.75, 3.05) is 0 Å². The maximum Gasteiger partial charge on any atom is 0.335 e. The van der Waals surface area contributed by atoms with Crippen LogP contribution in [-0.4, -0.2) is 25.6 Å². The van der Waals surface area contributed by atoms with E-state index in [1.807, 2.05) is 16.8 Å². The first kappa shape index (κ1) is 10.5. The molecule has 2 aromatic heterocycles. The Kier molecular flexibility index (Phi) is 2.30. The van der Waals surface area contributed by atoms with Crippen LogP contribution in [0.4, 0.5) is 0 Å². The van der Waals surface area contributed by atoms with Crippen LogP contribution in [0, 0.1) is 0 Å². The standard InChI is InChI=1S/C13H9N3O2/c17-12(18)10-2-3-11-9(8-10)4-7-16(11)13-14-5-1-6-15-13/h1-8H,(H,17,18). The Labute approximate surface area is 102 Å². The second-order valence-corrected chi connectivity index (χ2v) is 3.81. The molecule has 0 aliphatic carbocycles. The minimum absolute atomic E-state index is 0.272. The van der Waals surface area contributed by atoms with E-state index in [1.54, 1.807) is 36.7 Å². The highest BCUT2D eigenvalue weighted by molar-refractivity contribution is 5.94. The van der Waals surface area contributed by atoms with Crippen molar-refractivity contribution < 1.29 is 9.90 Å². The second kappa shape index (κ2) is 3.96. The number of carboxylic acids is 1. The first-order valence-corrected chi connectivity index (χ1v) is 5.37. The van der Waals surface area contributed by atoms with Gasteiger partial charge < -0.3 is 5.11 Å². The van der Waals surface area contributed by atoms with Crippen LogP contribution in [0.2, 0.25) is 0 Å². The maximum absolute atomic E-state index is 10.9. The third-order valence-corrected chi connectivity index (χ3v) is 2.70. The SMILES string of the molecule is O=C(O)c1ccc2c(ccn2-c2ncccn2)c1. The van der Waals surface area contributed by atoms with Crippen LogP contribution in [0.1, 0.15) is 10.4 Å². The molecule has 1 aromatic carbocycles. The number of rotatable bonds is 2. The van der Waals surface area contributed by atoms with Gasteiger partial charge in [-0.2, -0.15) is 0 Å². The van der Waals surface area contributed by atoms with Gasteiger partial charge in [-0.25, -0.2) is 14.8 Å². The van der Waals surface area contributed by atoms with Crippen molar-refractivity contribution in [3.8, 4) is 5.95 Å². The highest BCUT2D eigenvalue weighted by Gasteiger charge is 2.08. The van der Waals surface area contributed by atoms with E-state index in [0.29, 0.717) is 5.95 Å². The van der Waals surface area contributed by atoms with E-state index in [2.05, 4.69) is 9.97 Å². The van der Waals surface area contributed by atoms with Crippen LogP contribution >= 0.6 is 0 Å². The van der Waals surface area contributed by atoms with E-state index in [4.69, 9.17) is 5.11 Å². The van der Waals surface area contributed by atoms with Gasteiger partial charge in [0.15, 0.2) is 0 Å². The van der Waals surface area contributed by atoms with Gasteiger partial charge >= 0.3 is 5.97 Å². The summed E-state index contributed by atoms with van der Waals surface area (Å²) in [6.45, 7) is 0. The molecule has 3 aromatic rings. The van der Waals surface area contributed by atoms with E-state index >= 15 is 0 Å². The number of hydrogen-bond acceptors (Lipinski definition) is 3. The molecule has 0 fully saturated rings. The smallest absolute Gasteiger partial charge is 0.335 e. The molecular weight excluding hydrogens is 230 g/mol. The molecule has 1 N–H and O–H groups in total. The van der Waals surface area contributed by atoms with Crippen molar-refractivity contribution in [3.63, 3.8) is 0 Å². The lowest BCUT2D eigenvalue weighted by Gasteiger charge is -2.02. The summed E-state index contributed by atoms with van der Waals surface area (Å²) in [5.74, 6) is -0.365. The molecule has 0 bridgehead atoms. The van der Waals surface area contributed by atoms with Gasteiger partial charge in [0.25, 0.3) is 0 Å². The number of carboxylic acid groups (broad SMARTS) is 1. The predicted octanol–water partition coefficient (Wildman–Crippen LogP) is 2.12. The van der Waals surface area contributed by atoms with Crippen molar-refractivity contribution in [1.82, 2.24) is 14.5 Å². The zero-order chi connectivity index (χ0) is 12.5. The first-order chi connectivity index (χ1) is 8.75. The highest BCUT2D eigenvalue weighted by Crippen LogP contribution is 2.19. The molecule has 0 saturated carbocycles. The fraction of sp³-hybridized carbons (Fsp3) is 0. The molecule has 0 unspecified atom stereocenters. The molecule has 3 rings (SSSR count). The van der Waals surface area contributed by atoms with Crippen LogP contribution in [-0.2, 0) is 0 Å². The molecule has 0 aliphatic heterocycles. The topological polar surface area (TPSA) is 68.0 Å². The average Bonchev–Trinajstić information content (AvgIpc) is 2.82. The molecule has 18 heavy (non-hydrogen) atoms. The molecule has 0 radical (unpaired) electrons. The third kappa shape index (κ3) is 1.62. The molecule has 0 spiro atoms. The lowest BCUT2D eigenvalue weighted by atomic mass is 10.1. The normalized spacial score (nSPS) is 10.7. The van der Waals surface area contributed by atoms with E-state index in [0.717, 1.165) is 10.9 Å². The molecule has 0 amide bonds. The van der Waals surface area contributed by atoms with Crippen molar-refractivity contribution in [3.05, 3.63) is 54.5 Å².